The van der Waals surface area contributed by atoms with Gasteiger partial charge in [-0.15, -0.1) is 0 Å². The largest absolute Gasteiger partial charge is 0.502 e. The molecule has 0 spiro atoms. The molecule has 0 N–H and O–H groups in total. The molecule has 2 aromatic rings. The first-order chi connectivity index (χ1) is 24.3. The highest BCUT2D eigenvalue weighted by Crippen LogP contribution is 2.30. The number of carbonyl (C=O) groups is 3. The molecule has 2 fully saturated rings. The van der Waals surface area contributed by atoms with Gasteiger partial charge in [-0.1, -0.05) is 74.1 Å². The van der Waals surface area contributed by atoms with Crippen LogP contribution in [-0.4, -0.2) is 69.1 Å². The number of hydrogen-bond donors (Lipinski definition) is 0. The molecule has 2 amide bonds. The van der Waals surface area contributed by atoms with Gasteiger partial charge in [0, 0.05) is 49.9 Å². The van der Waals surface area contributed by atoms with Gasteiger partial charge >= 0.3 is 5.97 Å². The van der Waals surface area contributed by atoms with E-state index in [0.29, 0.717) is 38.3 Å². The number of rotatable bonds is 17. The van der Waals surface area contributed by atoms with E-state index in [1.807, 2.05) is 54.8 Å². The third-order valence-electron chi connectivity index (χ3n) is 10.2. The molecule has 0 radical (unpaired) electrons. The molecule has 0 aromatic heterocycles. The highest BCUT2D eigenvalue weighted by molar-refractivity contribution is 5.94. The van der Waals surface area contributed by atoms with Gasteiger partial charge < -0.3 is 24.2 Å². The molecule has 8 nitrogen and oxygen atoms in total. The Balaban J connectivity index is 0.00000103. The quantitative estimate of drug-likeness (QED) is 0.0940. The number of likely N-dealkylation sites (tertiary alicyclic amines) is 1. The second-order valence-corrected chi connectivity index (χ2v) is 13.8. The van der Waals surface area contributed by atoms with Crippen LogP contribution >= 0.6 is 0 Å². The Hall–Kier alpha value is -3.65. The summed E-state index contributed by atoms with van der Waals surface area (Å²) in [4.78, 5) is 44.0. The number of aryl methyl sites for hydroxylation is 2. The zero-order chi connectivity index (χ0) is 36.1. The zero-order valence-corrected chi connectivity index (χ0v) is 31.5. The van der Waals surface area contributed by atoms with Gasteiger partial charge in [-0.2, -0.15) is 0 Å². The van der Waals surface area contributed by atoms with Gasteiger partial charge in [0.05, 0.1) is 19.5 Å². The molecule has 1 aliphatic heterocycles. The van der Waals surface area contributed by atoms with E-state index in [1.165, 1.54) is 43.2 Å². The summed E-state index contributed by atoms with van der Waals surface area (Å²) in [6, 6.07) is 16.7. The summed E-state index contributed by atoms with van der Waals surface area (Å²) in [5, 5.41) is 0. The molecule has 4 rings (SSSR count). The van der Waals surface area contributed by atoms with Crippen molar-refractivity contribution in [3.8, 4) is 0 Å². The topological polar surface area (TPSA) is 79.4 Å². The van der Waals surface area contributed by atoms with Crippen molar-refractivity contribution in [1.82, 2.24) is 4.90 Å². The maximum absolute atomic E-state index is 13.7. The number of benzene rings is 2. The van der Waals surface area contributed by atoms with Gasteiger partial charge in [-0.05, 0) is 102 Å². The Bertz CT molecular complexity index is 1310. The lowest BCUT2D eigenvalue weighted by Gasteiger charge is -2.37. The lowest BCUT2D eigenvalue weighted by atomic mass is 9.86. The number of anilines is 2. The molecule has 276 valence electrons. The monoisotopic (exact) mass is 689 g/mol. The number of ether oxygens (including phenoxy) is 2. The Morgan fingerprint density at radius 3 is 2.26 bits per heavy atom. The van der Waals surface area contributed by atoms with Crippen molar-refractivity contribution in [3.63, 3.8) is 0 Å². The summed E-state index contributed by atoms with van der Waals surface area (Å²) in [6.45, 7) is 11.6. The normalized spacial score (nSPS) is 15.8. The van der Waals surface area contributed by atoms with Gasteiger partial charge in [0.25, 0.3) is 0 Å². The van der Waals surface area contributed by atoms with E-state index < -0.39 is 0 Å². The molecule has 0 atom stereocenters. The summed E-state index contributed by atoms with van der Waals surface area (Å²) < 4.78 is 9.90. The Kier molecular flexibility index (Phi) is 18.7. The molecule has 0 bridgehead atoms. The third kappa shape index (κ3) is 13.9. The predicted octanol–water partition coefficient (Wildman–Crippen LogP) is 8.65. The Morgan fingerprint density at radius 2 is 1.64 bits per heavy atom. The van der Waals surface area contributed by atoms with Gasteiger partial charge in [-0.25, -0.2) is 0 Å². The Labute approximate surface area is 302 Å². The maximum atomic E-state index is 13.7. The van der Waals surface area contributed by atoms with Crippen molar-refractivity contribution < 1.29 is 23.9 Å². The fourth-order valence-corrected chi connectivity index (χ4v) is 7.02. The van der Waals surface area contributed by atoms with E-state index in [2.05, 4.69) is 42.2 Å². The smallest absolute Gasteiger partial charge is 0.305 e. The van der Waals surface area contributed by atoms with Crippen LogP contribution in [0.4, 0.5) is 11.4 Å². The number of carbonyl (C=O) groups excluding carboxylic acids is 3. The molecule has 50 heavy (non-hydrogen) atoms. The molecule has 0 unspecified atom stereocenters. The number of para-hydroxylation sites is 1. The molecule has 2 aliphatic rings. The first-order valence-corrected chi connectivity index (χ1v) is 19.0. The summed E-state index contributed by atoms with van der Waals surface area (Å²) >= 11 is 0. The lowest BCUT2D eigenvalue weighted by molar-refractivity contribution is -0.143. The van der Waals surface area contributed by atoms with Crippen LogP contribution in [0.2, 0.25) is 0 Å². The minimum absolute atomic E-state index is 0.169. The standard InChI is InChI=1S/C37H53N3O4.C5H10O/c1-3-44-37(43)16-10-26-39(36(42)22-19-31-11-5-4-6-12-31)35-15-8-7-13-32(35)14-9-25-38-27-23-34(24-28-38)40(29-41)33-20-17-30(2)18-21-33;1-4-5(2)6-3/h7-8,13,15,17-18,20-21,29,31,34H,3-6,9-12,14,16,19,22-28H2,1-2H3;4H,1-3H3/b;5-4-. The van der Waals surface area contributed by atoms with E-state index in [0.717, 1.165) is 75.3 Å². The minimum atomic E-state index is -0.200. The molecular formula is C42H63N3O5. The number of methoxy groups -OCH3 is 1. The average Bonchev–Trinajstić information content (AvgIpc) is 3.15. The predicted molar refractivity (Wildman–Crippen MR) is 204 cm³/mol. The number of amides is 2. The second kappa shape index (κ2) is 22.9. The first kappa shape index (κ1) is 40.8. The zero-order valence-electron chi connectivity index (χ0n) is 31.5. The van der Waals surface area contributed by atoms with Gasteiger partial charge in [-0.3, -0.25) is 14.4 Å². The minimum Gasteiger partial charge on any atom is -0.502 e. The summed E-state index contributed by atoms with van der Waals surface area (Å²) in [6.07, 6.45) is 15.5. The van der Waals surface area contributed by atoms with Crippen LogP contribution in [0.1, 0.15) is 109 Å². The van der Waals surface area contributed by atoms with E-state index in [9.17, 15) is 14.4 Å². The molecule has 8 heteroatoms. The third-order valence-corrected chi connectivity index (χ3v) is 10.2. The second-order valence-electron chi connectivity index (χ2n) is 13.8. The van der Waals surface area contributed by atoms with E-state index in [-0.39, 0.29) is 17.9 Å². The SMILES string of the molecule is C/C=C(/C)OC.CCOC(=O)CCCN(C(=O)CCC1CCCCC1)c1ccccc1CCCN1CCC(N(C=O)c2ccc(C)cc2)CC1. The van der Waals surface area contributed by atoms with Crippen molar-refractivity contribution in [3.05, 3.63) is 71.5 Å². The van der Waals surface area contributed by atoms with Crippen LogP contribution in [0.15, 0.2) is 60.4 Å². The molecule has 1 saturated carbocycles. The van der Waals surface area contributed by atoms with Crippen LogP contribution in [-0.2, 0) is 30.3 Å². The molecule has 2 aromatic carbocycles. The molecule has 1 heterocycles. The van der Waals surface area contributed by atoms with E-state index >= 15 is 0 Å². The van der Waals surface area contributed by atoms with Crippen molar-refractivity contribution in [2.24, 2.45) is 5.92 Å². The van der Waals surface area contributed by atoms with Crippen molar-refractivity contribution >= 4 is 29.7 Å². The number of esters is 1. The number of piperidine rings is 1. The van der Waals surface area contributed by atoms with Crippen LogP contribution in [0.5, 0.6) is 0 Å². The van der Waals surface area contributed by atoms with E-state index in [4.69, 9.17) is 9.47 Å². The average molecular weight is 690 g/mol. The molecule has 1 aliphatic carbocycles. The number of allylic oxidation sites excluding steroid dienone is 2. The van der Waals surface area contributed by atoms with Crippen molar-refractivity contribution in [2.75, 3.05) is 49.7 Å². The molecule has 1 saturated heterocycles. The van der Waals surface area contributed by atoms with Crippen LogP contribution in [0, 0.1) is 12.8 Å². The van der Waals surface area contributed by atoms with Gasteiger partial charge in [0.15, 0.2) is 0 Å². The first-order valence-electron chi connectivity index (χ1n) is 19.0. The van der Waals surface area contributed by atoms with Crippen LogP contribution < -0.4 is 9.80 Å². The van der Waals surface area contributed by atoms with Gasteiger partial charge in [0.1, 0.15) is 0 Å². The number of nitrogens with zero attached hydrogens (tertiary/aromatic N) is 3. The summed E-state index contributed by atoms with van der Waals surface area (Å²) in [5.41, 5.74) is 4.35. The van der Waals surface area contributed by atoms with Crippen LogP contribution in [0.25, 0.3) is 0 Å². The summed E-state index contributed by atoms with van der Waals surface area (Å²) in [7, 11) is 1.66. The number of hydrogen-bond acceptors (Lipinski definition) is 6. The van der Waals surface area contributed by atoms with E-state index in [1.54, 1.807) is 7.11 Å². The fraction of sp³-hybridized carbons (Fsp3) is 0.595. The highest BCUT2D eigenvalue weighted by atomic mass is 16.5. The summed E-state index contributed by atoms with van der Waals surface area (Å²) in [5.74, 6) is 1.59. The fourth-order valence-electron chi connectivity index (χ4n) is 7.02. The van der Waals surface area contributed by atoms with Crippen molar-refractivity contribution in [2.45, 2.75) is 117 Å². The van der Waals surface area contributed by atoms with Crippen LogP contribution in [0.3, 0.4) is 0 Å². The highest BCUT2D eigenvalue weighted by Gasteiger charge is 2.25. The maximum Gasteiger partial charge on any atom is 0.305 e. The lowest BCUT2D eigenvalue weighted by Crippen LogP contribution is -2.44. The van der Waals surface area contributed by atoms with Crippen molar-refractivity contribution in [1.29, 1.82) is 0 Å². The Morgan fingerprint density at radius 1 is 0.940 bits per heavy atom. The molecular weight excluding hydrogens is 626 g/mol. The van der Waals surface area contributed by atoms with Gasteiger partial charge in [0.2, 0.25) is 12.3 Å².